The molecule has 2 amide bonds. The number of amides is 2. The molecule has 4 rings (SSSR count). The summed E-state index contributed by atoms with van der Waals surface area (Å²) in [7, 11) is 0. The lowest BCUT2D eigenvalue weighted by Gasteiger charge is -2.17. The SMILES string of the molecule is CCOc1cc(/C=C2\SC(=S)N(c3ccc(C)cc3C)C2=O)ccc1OCC(=O)Nc1ccc(CC)cc1. The number of anilines is 2. The van der Waals surface area contributed by atoms with Gasteiger partial charge in [-0.3, -0.25) is 14.5 Å². The fraction of sp³-hybridized carbons (Fsp3) is 0.233. The Bertz CT molecular complexity index is 1400. The minimum Gasteiger partial charge on any atom is -0.490 e. The molecule has 3 aromatic carbocycles. The van der Waals surface area contributed by atoms with Gasteiger partial charge in [0.2, 0.25) is 0 Å². The van der Waals surface area contributed by atoms with Crippen LogP contribution in [0.15, 0.2) is 65.6 Å². The molecule has 0 spiro atoms. The summed E-state index contributed by atoms with van der Waals surface area (Å²) in [6, 6.07) is 19.0. The molecule has 0 saturated carbocycles. The van der Waals surface area contributed by atoms with E-state index >= 15 is 0 Å². The molecule has 38 heavy (non-hydrogen) atoms. The number of aryl methyl sites for hydroxylation is 3. The molecule has 1 saturated heterocycles. The molecular formula is C30H30N2O4S2. The second-order valence-electron chi connectivity index (χ2n) is 8.83. The first-order chi connectivity index (χ1) is 18.3. The molecule has 0 unspecified atom stereocenters. The van der Waals surface area contributed by atoms with E-state index < -0.39 is 0 Å². The average molecular weight is 547 g/mol. The third-order valence-electron chi connectivity index (χ3n) is 5.96. The fourth-order valence-electron chi connectivity index (χ4n) is 4.05. The van der Waals surface area contributed by atoms with Crippen LogP contribution in [0.5, 0.6) is 11.5 Å². The molecule has 1 fully saturated rings. The van der Waals surface area contributed by atoms with Crippen molar-refractivity contribution in [3.63, 3.8) is 0 Å². The third kappa shape index (κ3) is 6.44. The van der Waals surface area contributed by atoms with Gasteiger partial charge in [-0.2, -0.15) is 0 Å². The highest BCUT2D eigenvalue weighted by atomic mass is 32.2. The maximum Gasteiger partial charge on any atom is 0.270 e. The van der Waals surface area contributed by atoms with Crippen molar-refractivity contribution < 1.29 is 19.1 Å². The van der Waals surface area contributed by atoms with Gasteiger partial charge in [0, 0.05) is 5.69 Å². The van der Waals surface area contributed by atoms with Crippen molar-refractivity contribution in [2.45, 2.75) is 34.1 Å². The van der Waals surface area contributed by atoms with E-state index in [1.165, 1.54) is 17.3 Å². The summed E-state index contributed by atoms with van der Waals surface area (Å²) in [6.45, 7) is 8.20. The second-order valence-corrected chi connectivity index (χ2v) is 10.5. The van der Waals surface area contributed by atoms with Crippen LogP contribution in [-0.4, -0.2) is 29.3 Å². The lowest BCUT2D eigenvalue weighted by atomic mass is 10.1. The molecule has 1 heterocycles. The molecular weight excluding hydrogens is 516 g/mol. The van der Waals surface area contributed by atoms with Gasteiger partial charge in [0.15, 0.2) is 22.4 Å². The van der Waals surface area contributed by atoms with Gasteiger partial charge < -0.3 is 14.8 Å². The van der Waals surface area contributed by atoms with Gasteiger partial charge in [-0.15, -0.1) is 0 Å². The van der Waals surface area contributed by atoms with Crippen LogP contribution in [0.1, 0.15) is 36.1 Å². The molecule has 6 nitrogen and oxygen atoms in total. The van der Waals surface area contributed by atoms with E-state index in [9.17, 15) is 9.59 Å². The van der Waals surface area contributed by atoms with Gasteiger partial charge >= 0.3 is 0 Å². The van der Waals surface area contributed by atoms with Gasteiger partial charge in [-0.05, 0) is 80.3 Å². The minimum atomic E-state index is -0.268. The summed E-state index contributed by atoms with van der Waals surface area (Å²) in [5.74, 6) is 0.513. The first-order valence-electron chi connectivity index (χ1n) is 12.4. The zero-order valence-corrected chi connectivity index (χ0v) is 23.5. The number of ether oxygens (including phenoxy) is 2. The quantitative estimate of drug-likeness (QED) is 0.238. The van der Waals surface area contributed by atoms with Crippen LogP contribution in [0.3, 0.4) is 0 Å². The summed E-state index contributed by atoms with van der Waals surface area (Å²) in [6.07, 6.45) is 2.73. The Morgan fingerprint density at radius 3 is 2.45 bits per heavy atom. The van der Waals surface area contributed by atoms with Crippen molar-refractivity contribution in [1.29, 1.82) is 0 Å². The van der Waals surface area contributed by atoms with E-state index in [2.05, 4.69) is 12.2 Å². The summed E-state index contributed by atoms with van der Waals surface area (Å²) in [5.41, 5.74) is 5.59. The maximum absolute atomic E-state index is 13.2. The zero-order valence-electron chi connectivity index (χ0n) is 21.9. The highest BCUT2D eigenvalue weighted by Crippen LogP contribution is 2.38. The molecule has 0 bridgehead atoms. The van der Waals surface area contributed by atoms with Crippen LogP contribution < -0.4 is 19.7 Å². The number of carbonyl (C=O) groups is 2. The average Bonchev–Trinajstić information content (AvgIpc) is 3.16. The first-order valence-corrected chi connectivity index (χ1v) is 13.6. The number of nitrogens with one attached hydrogen (secondary N) is 1. The van der Waals surface area contributed by atoms with Crippen LogP contribution in [0.4, 0.5) is 11.4 Å². The van der Waals surface area contributed by atoms with E-state index in [1.54, 1.807) is 23.1 Å². The van der Waals surface area contributed by atoms with E-state index in [1.807, 2.05) is 69.3 Å². The Hall–Kier alpha value is -3.62. The second kappa shape index (κ2) is 12.3. The molecule has 196 valence electrons. The Labute approximate surface area is 233 Å². The Kier molecular flexibility index (Phi) is 8.86. The standard InChI is InChI=1S/C30H30N2O4S2/c1-5-21-8-11-23(12-9-21)31-28(33)18-36-25-14-10-22(16-26(25)35-6-2)17-27-29(34)32(30(37)38-27)24-13-7-19(3)15-20(24)4/h7-17H,5-6,18H2,1-4H3,(H,31,33)/b27-17-. The molecule has 8 heteroatoms. The third-order valence-corrected chi connectivity index (χ3v) is 7.26. The highest BCUT2D eigenvalue weighted by Gasteiger charge is 2.34. The molecule has 1 aliphatic rings. The van der Waals surface area contributed by atoms with Gasteiger partial charge in [-0.1, -0.05) is 66.8 Å². The van der Waals surface area contributed by atoms with E-state index in [4.69, 9.17) is 21.7 Å². The predicted octanol–water partition coefficient (Wildman–Crippen LogP) is 6.69. The van der Waals surface area contributed by atoms with E-state index in [0.29, 0.717) is 33.0 Å². The van der Waals surface area contributed by atoms with Crippen molar-refractivity contribution >= 4 is 57.6 Å². The van der Waals surface area contributed by atoms with Gasteiger partial charge in [0.25, 0.3) is 11.8 Å². The number of thioether (sulfide) groups is 1. The Balaban J connectivity index is 1.47. The fourth-order valence-corrected chi connectivity index (χ4v) is 5.33. The minimum absolute atomic E-state index is 0.158. The van der Waals surface area contributed by atoms with Crippen molar-refractivity contribution in [3.8, 4) is 11.5 Å². The lowest BCUT2D eigenvalue weighted by molar-refractivity contribution is -0.118. The largest absolute Gasteiger partial charge is 0.490 e. The van der Waals surface area contributed by atoms with Gasteiger partial charge in [0.1, 0.15) is 0 Å². The molecule has 0 radical (unpaired) electrons. The topological polar surface area (TPSA) is 67.9 Å². The van der Waals surface area contributed by atoms with Crippen molar-refractivity contribution in [2.24, 2.45) is 0 Å². The van der Waals surface area contributed by atoms with Crippen LogP contribution in [-0.2, 0) is 16.0 Å². The van der Waals surface area contributed by atoms with Crippen molar-refractivity contribution in [1.82, 2.24) is 0 Å². The number of carbonyl (C=O) groups excluding carboxylic acids is 2. The first kappa shape index (κ1) is 27.4. The highest BCUT2D eigenvalue weighted by molar-refractivity contribution is 8.27. The van der Waals surface area contributed by atoms with Crippen molar-refractivity contribution in [3.05, 3.63) is 87.8 Å². The number of thiocarbonyl (C=S) groups is 1. The maximum atomic E-state index is 13.2. The zero-order chi connectivity index (χ0) is 27.2. The molecule has 0 atom stereocenters. The van der Waals surface area contributed by atoms with Gasteiger partial charge in [0.05, 0.1) is 17.2 Å². The van der Waals surface area contributed by atoms with Crippen LogP contribution in [0.2, 0.25) is 0 Å². The van der Waals surface area contributed by atoms with Crippen LogP contribution in [0.25, 0.3) is 6.08 Å². The lowest BCUT2D eigenvalue weighted by Crippen LogP contribution is -2.28. The Morgan fingerprint density at radius 2 is 1.76 bits per heavy atom. The van der Waals surface area contributed by atoms with E-state index in [0.717, 1.165) is 28.8 Å². The van der Waals surface area contributed by atoms with Crippen LogP contribution in [0, 0.1) is 13.8 Å². The normalized spacial score (nSPS) is 14.2. The molecule has 1 N–H and O–H groups in total. The molecule has 1 aliphatic heterocycles. The molecule has 0 aliphatic carbocycles. The number of hydrogen-bond acceptors (Lipinski definition) is 6. The predicted molar refractivity (Wildman–Crippen MR) is 159 cm³/mol. The summed E-state index contributed by atoms with van der Waals surface area (Å²) >= 11 is 6.81. The molecule has 3 aromatic rings. The van der Waals surface area contributed by atoms with Crippen LogP contribution >= 0.6 is 24.0 Å². The van der Waals surface area contributed by atoms with Gasteiger partial charge in [-0.25, -0.2) is 0 Å². The summed E-state index contributed by atoms with van der Waals surface area (Å²) < 4.78 is 12.0. The van der Waals surface area contributed by atoms with Crippen molar-refractivity contribution in [2.75, 3.05) is 23.4 Å². The smallest absolute Gasteiger partial charge is 0.270 e. The summed E-state index contributed by atoms with van der Waals surface area (Å²) in [4.78, 5) is 27.8. The Morgan fingerprint density at radius 1 is 1.00 bits per heavy atom. The number of benzene rings is 3. The number of rotatable bonds is 9. The molecule has 0 aromatic heterocycles. The summed E-state index contributed by atoms with van der Waals surface area (Å²) in [5, 5.41) is 2.84. The van der Waals surface area contributed by atoms with E-state index in [-0.39, 0.29) is 18.4 Å². The monoisotopic (exact) mass is 546 g/mol. The number of hydrogen-bond donors (Lipinski definition) is 1. The number of nitrogens with zero attached hydrogens (tertiary/aromatic N) is 1.